The van der Waals surface area contributed by atoms with E-state index < -0.39 is 41.3 Å². The molecule has 0 aliphatic heterocycles. The van der Waals surface area contributed by atoms with Crippen LogP contribution in [0.25, 0.3) is 0 Å². The SMILES string of the molecule is CC(CC(=N)c1cc(NC2CC2)c(C(=O)NNC(=O)O)cc1F)C(N)C(=O)OC(C)(C)C. The zero-order valence-electron chi connectivity index (χ0n) is 18.5. The minimum absolute atomic E-state index is 0.00626. The molecule has 1 fully saturated rings. The van der Waals surface area contributed by atoms with Gasteiger partial charge in [0.05, 0.1) is 5.56 Å². The molecule has 0 saturated heterocycles. The van der Waals surface area contributed by atoms with Crippen molar-refractivity contribution in [1.82, 2.24) is 10.9 Å². The fraction of sp³-hybridized carbons (Fsp3) is 0.524. The van der Waals surface area contributed by atoms with Crippen LogP contribution in [0.2, 0.25) is 0 Å². The summed E-state index contributed by atoms with van der Waals surface area (Å²) in [6, 6.07) is 1.42. The topological polar surface area (TPSA) is 167 Å². The predicted octanol–water partition coefficient (Wildman–Crippen LogP) is 2.38. The van der Waals surface area contributed by atoms with Crippen LogP contribution in [0.3, 0.4) is 0 Å². The van der Waals surface area contributed by atoms with Crippen molar-refractivity contribution in [1.29, 1.82) is 5.41 Å². The highest BCUT2D eigenvalue weighted by Crippen LogP contribution is 2.29. The minimum atomic E-state index is -1.47. The van der Waals surface area contributed by atoms with Crippen molar-refractivity contribution >= 4 is 29.4 Å². The van der Waals surface area contributed by atoms with E-state index in [1.807, 2.05) is 5.43 Å². The molecule has 0 bridgehead atoms. The third-order valence-corrected chi connectivity index (χ3v) is 4.71. The molecule has 2 unspecified atom stereocenters. The summed E-state index contributed by atoms with van der Waals surface area (Å²) in [5, 5.41) is 20.1. The van der Waals surface area contributed by atoms with E-state index in [9.17, 15) is 18.8 Å². The van der Waals surface area contributed by atoms with E-state index in [0.29, 0.717) is 0 Å². The minimum Gasteiger partial charge on any atom is -0.464 e. The summed E-state index contributed by atoms with van der Waals surface area (Å²) in [4.78, 5) is 35.1. The molecule has 7 N–H and O–H groups in total. The van der Waals surface area contributed by atoms with Gasteiger partial charge in [-0.2, -0.15) is 0 Å². The Bertz CT molecular complexity index is 911. The molecule has 1 aliphatic carbocycles. The number of nitrogens with two attached hydrogens (primary N) is 1. The average molecular weight is 451 g/mol. The van der Waals surface area contributed by atoms with Crippen LogP contribution >= 0.6 is 0 Å². The van der Waals surface area contributed by atoms with Crippen LogP contribution in [0.1, 0.15) is 62.9 Å². The molecule has 1 aliphatic rings. The normalized spacial score (nSPS) is 15.3. The Morgan fingerprint density at radius 1 is 1.25 bits per heavy atom. The maximum Gasteiger partial charge on any atom is 0.423 e. The smallest absolute Gasteiger partial charge is 0.423 e. The van der Waals surface area contributed by atoms with Crippen molar-refractivity contribution in [2.45, 2.75) is 64.6 Å². The Morgan fingerprint density at radius 2 is 1.88 bits per heavy atom. The molecule has 0 heterocycles. The number of halogens is 1. The summed E-state index contributed by atoms with van der Waals surface area (Å²) >= 11 is 0. The Labute approximate surface area is 185 Å². The molecule has 1 saturated carbocycles. The van der Waals surface area contributed by atoms with Crippen LogP contribution in [0.15, 0.2) is 12.1 Å². The molecule has 32 heavy (non-hydrogen) atoms. The second-order valence-corrected chi connectivity index (χ2v) is 8.90. The van der Waals surface area contributed by atoms with E-state index in [4.69, 9.17) is 21.0 Å². The summed E-state index contributed by atoms with van der Waals surface area (Å²) in [5.74, 6) is -2.77. The number of rotatable bonds is 8. The van der Waals surface area contributed by atoms with Gasteiger partial charge in [0, 0.05) is 23.0 Å². The summed E-state index contributed by atoms with van der Waals surface area (Å²) in [6.45, 7) is 6.83. The van der Waals surface area contributed by atoms with Gasteiger partial charge in [-0.05, 0) is 58.1 Å². The number of esters is 1. The third-order valence-electron chi connectivity index (χ3n) is 4.71. The van der Waals surface area contributed by atoms with Crippen molar-refractivity contribution in [2.75, 3.05) is 5.32 Å². The van der Waals surface area contributed by atoms with Crippen molar-refractivity contribution in [3.63, 3.8) is 0 Å². The Hall–Kier alpha value is -3.21. The van der Waals surface area contributed by atoms with Crippen LogP contribution < -0.4 is 21.9 Å². The maximum absolute atomic E-state index is 14.8. The number of nitrogens with one attached hydrogen (secondary N) is 4. The second-order valence-electron chi connectivity index (χ2n) is 8.90. The average Bonchev–Trinajstić information content (AvgIpc) is 3.48. The van der Waals surface area contributed by atoms with Gasteiger partial charge in [-0.15, -0.1) is 0 Å². The molecule has 11 heteroatoms. The Balaban J connectivity index is 2.20. The number of amides is 2. The van der Waals surface area contributed by atoms with Crippen LogP contribution in [0, 0.1) is 17.1 Å². The molecule has 176 valence electrons. The number of anilines is 1. The fourth-order valence-electron chi connectivity index (χ4n) is 2.90. The van der Waals surface area contributed by atoms with E-state index in [1.54, 1.807) is 33.1 Å². The van der Waals surface area contributed by atoms with Gasteiger partial charge < -0.3 is 26.3 Å². The molecular weight excluding hydrogens is 421 g/mol. The van der Waals surface area contributed by atoms with Gasteiger partial charge in [-0.25, -0.2) is 14.6 Å². The first kappa shape index (κ1) is 25.1. The standard InChI is InChI=1S/C21H30FN5O5/c1-10(17(24)19(29)32-21(2,3)4)7-15(23)12-9-16(25-11-5-6-11)13(8-14(12)22)18(28)26-27-20(30)31/h8-11,17,23,25,27H,5-7,24H2,1-4H3,(H,26,28)(H,30,31). The van der Waals surface area contributed by atoms with Gasteiger partial charge in [0.1, 0.15) is 17.5 Å². The molecule has 1 aromatic carbocycles. The van der Waals surface area contributed by atoms with Crippen molar-refractivity contribution < 1.29 is 28.6 Å². The summed E-state index contributed by atoms with van der Waals surface area (Å²) in [5.41, 5.74) is 9.01. The van der Waals surface area contributed by atoms with Crippen LogP contribution in [-0.2, 0) is 9.53 Å². The molecule has 2 amide bonds. The Kier molecular flexibility index (Phi) is 7.78. The lowest BCUT2D eigenvalue weighted by atomic mass is 9.92. The quantitative estimate of drug-likeness (QED) is 0.200. The van der Waals surface area contributed by atoms with Crippen molar-refractivity contribution in [3.8, 4) is 0 Å². The second kappa shape index (κ2) is 9.94. The lowest BCUT2D eigenvalue weighted by Crippen LogP contribution is -2.42. The van der Waals surface area contributed by atoms with Crippen LogP contribution in [0.4, 0.5) is 14.9 Å². The maximum atomic E-state index is 14.8. The molecular formula is C21H30FN5O5. The lowest BCUT2D eigenvalue weighted by molar-refractivity contribution is -0.157. The number of benzene rings is 1. The van der Waals surface area contributed by atoms with E-state index in [2.05, 4.69) is 5.32 Å². The highest BCUT2D eigenvalue weighted by Gasteiger charge is 2.29. The number of carbonyl (C=O) groups excluding carboxylic acids is 2. The molecule has 0 radical (unpaired) electrons. The van der Waals surface area contributed by atoms with Gasteiger partial charge >= 0.3 is 12.1 Å². The monoisotopic (exact) mass is 451 g/mol. The lowest BCUT2D eigenvalue weighted by Gasteiger charge is -2.25. The number of carbonyl (C=O) groups is 3. The van der Waals surface area contributed by atoms with Gasteiger partial charge in [0.25, 0.3) is 5.91 Å². The summed E-state index contributed by atoms with van der Waals surface area (Å²) in [7, 11) is 0. The number of ether oxygens (including phenoxy) is 1. The molecule has 1 aromatic rings. The molecule has 10 nitrogen and oxygen atoms in total. The van der Waals surface area contributed by atoms with Crippen LogP contribution in [0.5, 0.6) is 0 Å². The zero-order chi connectivity index (χ0) is 24.2. The fourth-order valence-corrected chi connectivity index (χ4v) is 2.90. The van der Waals surface area contributed by atoms with Gasteiger partial charge in [0.15, 0.2) is 0 Å². The highest BCUT2D eigenvalue weighted by atomic mass is 19.1. The molecule has 0 spiro atoms. The van der Waals surface area contributed by atoms with Crippen LogP contribution in [-0.4, -0.2) is 46.5 Å². The first-order valence-electron chi connectivity index (χ1n) is 10.2. The van der Waals surface area contributed by atoms with E-state index >= 15 is 0 Å². The largest absolute Gasteiger partial charge is 0.464 e. The predicted molar refractivity (Wildman–Crippen MR) is 116 cm³/mol. The number of carboxylic acid groups (broad SMARTS) is 1. The first-order chi connectivity index (χ1) is 14.8. The van der Waals surface area contributed by atoms with Crippen molar-refractivity contribution in [3.05, 3.63) is 29.1 Å². The zero-order valence-corrected chi connectivity index (χ0v) is 18.5. The molecule has 2 rings (SSSR count). The number of hydrogen-bond donors (Lipinski definition) is 6. The van der Waals surface area contributed by atoms with E-state index in [0.717, 1.165) is 18.9 Å². The number of hydrazine groups is 1. The van der Waals surface area contributed by atoms with Gasteiger partial charge in [0.2, 0.25) is 0 Å². The summed E-state index contributed by atoms with van der Waals surface area (Å²) in [6.07, 6.45) is 0.289. The number of hydrogen-bond acceptors (Lipinski definition) is 7. The first-order valence-corrected chi connectivity index (χ1v) is 10.2. The highest BCUT2D eigenvalue weighted by molar-refractivity contribution is 6.04. The van der Waals surface area contributed by atoms with Crippen molar-refractivity contribution in [2.24, 2.45) is 11.7 Å². The molecule has 2 atom stereocenters. The third kappa shape index (κ3) is 7.19. The van der Waals surface area contributed by atoms with Gasteiger partial charge in [-0.1, -0.05) is 6.92 Å². The van der Waals surface area contributed by atoms with E-state index in [-0.39, 0.29) is 35.0 Å². The van der Waals surface area contributed by atoms with Gasteiger partial charge in [-0.3, -0.25) is 15.0 Å². The molecule has 0 aromatic heterocycles. The summed E-state index contributed by atoms with van der Waals surface area (Å²) < 4.78 is 20.1. The Morgan fingerprint density at radius 3 is 2.41 bits per heavy atom. The van der Waals surface area contributed by atoms with E-state index in [1.165, 1.54) is 6.07 Å².